The third kappa shape index (κ3) is 27.5. The molecule has 0 aromatic carbocycles. The predicted molar refractivity (Wildman–Crippen MR) is 529 cm³/mol. The minimum atomic E-state index is -5.04. The summed E-state index contributed by atoms with van der Waals surface area (Å²) in [7, 11) is 2.45. The fourth-order valence-corrected chi connectivity index (χ4v) is 26.8. The highest BCUT2D eigenvalue weighted by molar-refractivity contribution is 8.32. The Hall–Kier alpha value is -6.58. The quantitative estimate of drug-likeness (QED) is 0.0119. The number of imidazole rings is 2. The molecular weight excluding hydrogens is 2260 g/mol. The first-order valence-corrected chi connectivity index (χ1v) is 62.8. The molecule has 60 nitrogen and oxygen atoms in total. The Morgan fingerprint density at radius 1 is 0.383 bits per heavy atom. The molecule has 149 heavy (non-hydrogen) atoms. The highest BCUT2D eigenvalue weighted by Crippen LogP contribution is 2.57. The number of aromatic nitrogens is 18. The van der Waals surface area contributed by atoms with Crippen LogP contribution in [0.15, 0.2) is 89.9 Å². The van der Waals surface area contributed by atoms with E-state index in [1.807, 2.05) is 0 Å². The van der Waals surface area contributed by atoms with Crippen LogP contribution in [0.25, 0.3) is 22.3 Å². The lowest BCUT2D eigenvalue weighted by Gasteiger charge is -2.36. The van der Waals surface area contributed by atoms with E-state index >= 15 is 4.89 Å². The topological polar surface area (TPSA) is 799 Å². The number of hydrogen-bond acceptors (Lipinski definition) is 58. The summed E-state index contributed by atoms with van der Waals surface area (Å²) in [5.41, 5.74) is 25.8. The number of H-pyrrole nitrogens is 2. The molecule has 7 fully saturated rings. The lowest BCUT2D eigenvalue weighted by Crippen LogP contribution is -2.39. The summed E-state index contributed by atoms with van der Waals surface area (Å²) in [6.07, 6.45) is -21.2. The number of nitrogens with two attached hydrogens (primary N) is 5. The summed E-state index contributed by atoms with van der Waals surface area (Å²) in [5, 5.41) is 0. The van der Waals surface area contributed by atoms with Gasteiger partial charge >= 0.3 is 28.4 Å². The van der Waals surface area contributed by atoms with Crippen molar-refractivity contribution in [3.63, 3.8) is 0 Å². The van der Waals surface area contributed by atoms with Gasteiger partial charge < -0.3 is 176 Å². The second kappa shape index (κ2) is 47.1. The largest absolute Gasteiger partial charge is 0.780 e. The molecule has 16 heterocycles. The second-order valence-corrected chi connectivity index (χ2v) is 53.7. The lowest BCUT2D eigenvalue weighted by atomic mass is 10.1. The number of aryl methyl sites for hydroxylation is 5. The molecule has 74 heteroatoms. The van der Waals surface area contributed by atoms with Crippen LogP contribution < -0.4 is 97.6 Å². The molecule has 29 atom stereocenters. The van der Waals surface area contributed by atoms with Crippen molar-refractivity contribution in [3.05, 3.63) is 157 Å². The maximum absolute atomic E-state index is 15.1. The number of nitrogens with one attached hydrogen (secondary N) is 2. The summed E-state index contributed by atoms with van der Waals surface area (Å²) >= 11 is 38.3. The van der Waals surface area contributed by atoms with Gasteiger partial charge in [0.2, 0.25) is 0 Å². The van der Waals surface area contributed by atoms with E-state index in [-0.39, 0.29) is 101 Å². The van der Waals surface area contributed by atoms with Crippen LogP contribution in [0, 0.1) is 34.6 Å². The second-order valence-electron chi connectivity index (χ2n) is 34.6. The number of fused-ring (bicyclic) bond motifs is 2. The van der Waals surface area contributed by atoms with Crippen molar-refractivity contribution in [2.75, 3.05) is 95.7 Å². The molecule has 12 N–H and O–H groups in total. The van der Waals surface area contributed by atoms with Gasteiger partial charge in [-0.15, -0.1) is 0 Å². The molecule has 9 aromatic rings. The van der Waals surface area contributed by atoms with Gasteiger partial charge in [-0.05, 0) is 41.0 Å². The summed E-state index contributed by atoms with van der Waals surface area (Å²) in [4.78, 5) is 221. The van der Waals surface area contributed by atoms with Gasteiger partial charge in [-0.1, -0.05) is 77.8 Å². The van der Waals surface area contributed by atoms with E-state index in [4.69, 9.17) is 218 Å². The summed E-state index contributed by atoms with van der Waals surface area (Å²) in [6, 6.07) is 0. The molecule has 0 spiro atoms. The average Bonchev–Trinajstić information content (AvgIpc) is 1.60. The molecule has 7 aliphatic heterocycles. The zero-order chi connectivity index (χ0) is 107. The van der Waals surface area contributed by atoms with Crippen molar-refractivity contribution in [2.24, 2.45) is 0 Å². The lowest BCUT2D eigenvalue weighted by molar-refractivity contribution is -0.221. The van der Waals surface area contributed by atoms with Crippen LogP contribution in [0.4, 0.5) is 29.1 Å². The van der Waals surface area contributed by atoms with Crippen molar-refractivity contribution >= 4 is 182 Å². The standard InChI is InChI=1S/C75H104N23O37P7S7/c1-9-38-39(12-51(122-38)92-18-33(2)61(76)87-71(92)101)129-137(107,144)116-23-47-42(15-54(125-47)95-21-36(5)68(99)90-74(95)104)131-139(109,146)118-26-48-43(16-55(126-48)96-22-37(6)69(100)91-75(96)105)132-140(110,147)120-27-49-44(17-56(127-49)97-31-85-57-64(79)81-29-83-66(57)97)134-141(111,148)119-24-45-40(13-52(123-45)93-19-34(3)62(77)88-72(93)102)130-138(108,145)117-25-46-41(14-53(124-46)94-20-35(4)63(78)89-73(94)103)133-142(112,149)121-28-50-59(135-136(106,143)114-8)60(115-11-10-113-7)70(128-50)98-32-86-58-65(80)82-30-84-67(58)98/h18-22,29-32,38-56,59-60,70H,9-17,23-28H2,1-8H3,(H,106,143)(H,107,144)(H,108,145)(H,109,146)(H,110,147)(H,111,148)(H,112,149)(H2,76,87,101)(H2,77,88,102)(H2,78,89,103)(H2,79,81,83)(H2,80,82,84)(H,90,99,104)(H,91,100,105)/p-7/t38-,39?,40?,41?,42?,43?,44?,45-,46-,47-,48-,49-,50-,51-,52-,53-,54-,55-,56-,59?,60+,70-,136?,137?,138?,139?,140?,141?,142?/m1/s1. The first kappa shape index (κ1) is 115. The van der Waals surface area contributed by atoms with E-state index in [1.165, 1.54) is 92.3 Å². The van der Waals surface area contributed by atoms with Crippen molar-refractivity contribution in [1.82, 2.24) is 86.8 Å². The number of methoxy groups -OCH3 is 1. The third-order valence-electron chi connectivity index (χ3n) is 24.5. The molecule has 9 aromatic heterocycles. The van der Waals surface area contributed by atoms with Gasteiger partial charge in [0, 0.05) is 112 Å². The van der Waals surface area contributed by atoms with Crippen molar-refractivity contribution in [1.29, 1.82) is 0 Å². The maximum Gasteiger partial charge on any atom is 0.351 e. The Kier molecular flexibility index (Phi) is 36.3. The third-order valence-corrected chi connectivity index (χ3v) is 35.6. The Morgan fingerprint density at radius 2 is 0.698 bits per heavy atom. The molecule has 0 saturated carbocycles. The summed E-state index contributed by atoms with van der Waals surface area (Å²) in [6.45, 7) is -30.0. The summed E-state index contributed by atoms with van der Waals surface area (Å²) in [5.74, 6) is -0.340. The van der Waals surface area contributed by atoms with E-state index in [1.54, 1.807) is 13.8 Å². The predicted octanol–water partition coefficient (Wildman–Crippen LogP) is -2.34. The van der Waals surface area contributed by atoms with Gasteiger partial charge in [0.25, 0.3) is 11.1 Å². The van der Waals surface area contributed by atoms with E-state index in [0.717, 1.165) is 37.9 Å². The Labute approximate surface area is 877 Å². The van der Waals surface area contributed by atoms with E-state index in [0.29, 0.717) is 11.1 Å². The molecule has 0 radical (unpaired) electrons. The number of hydrogen-bond donors (Lipinski definition) is 7. The van der Waals surface area contributed by atoms with Crippen molar-refractivity contribution in [2.45, 2.75) is 222 Å². The van der Waals surface area contributed by atoms with Crippen LogP contribution in [0.1, 0.15) is 123 Å². The van der Waals surface area contributed by atoms with Crippen LogP contribution in [0.5, 0.6) is 0 Å². The highest BCUT2D eigenvalue weighted by atomic mass is 32.7. The monoisotopic (exact) mass is 2350 g/mol. The number of rotatable bonds is 45. The first-order valence-electron chi connectivity index (χ1n) is 44.9. The number of nitrogens with zero attached hydrogens (tertiary/aromatic N) is 16. The van der Waals surface area contributed by atoms with Gasteiger partial charge in [-0.3, -0.25) is 56.1 Å². The zero-order valence-electron chi connectivity index (χ0n) is 79.1. The van der Waals surface area contributed by atoms with Crippen LogP contribution in [-0.4, -0.2) is 245 Å². The van der Waals surface area contributed by atoms with E-state index in [9.17, 15) is 62.6 Å². The molecule has 7 saturated heterocycles. The van der Waals surface area contributed by atoms with Gasteiger partial charge in [-0.2, -0.15) is 15.0 Å². The molecular formula is C75H97N23O37P7S7-7. The van der Waals surface area contributed by atoms with Crippen LogP contribution >= 0.6 is 47.1 Å². The van der Waals surface area contributed by atoms with Crippen LogP contribution in [0.3, 0.4) is 0 Å². The minimum absolute atomic E-state index is 0.000128. The van der Waals surface area contributed by atoms with Crippen molar-refractivity contribution in [3.8, 4) is 0 Å². The minimum Gasteiger partial charge on any atom is -0.780 e. The number of nitrogen functional groups attached to an aromatic ring is 5. The van der Waals surface area contributed by atoms with Crippen LogP contribution in [0.2, 0.25) is 0 Å². The average molecular weight is 2350 g/mol. The zero-order valence-corrected chi connectivity index (χ0v) is 91.1. The highest BCUT2D eigenvalue weighted by Gasteiger charge is 2.52. The first-order chi connectivity index (χ1) is 70.2. The fraction of sp³-hybridized carbons (Fsp3) is 0.600. The van der Waals surface area contributed by atoms with E-state index < -0.39 is 287 Å². The molecule has 14 unspecified atom stereocenters. The van der Waals surface area contributed by atoms with Crippen LogP contribution in [-0.2, 0) is 194 Å². The Balaban J connectivity index is 0.610. The molecule has 818 valence electrons. The molecule has 0 aliphatic carbocycles. The maximum atomic E-state index is 15.1. The molecule has 0 bridgehead atoms. The molecule has 7 aliphatic rings. The normalized spacial score (nSPS) is 29.6. The van der Waals surface area contributed by atoms with Gasteiger partial charge in [0.1, 0.15) is 168 Å². The molecule has 0 amide bonds. The Bertz CT molecular complexity index is 7310. The fourth-order valence-electron chi connectivity index (χ4n) is 17.1. The van der Waals surface area contributed by atoms with Crippen molar-refractivity contribution < 1.29 is 140 Å². The smallest absolute Gasteiger partial charge is 0.351 e. The van der Waals surface area contributed by atoms with Gasteiger partial charge in [0.05, 0.1) is 108 Å². The number of anilines is 5. The summed E-state index contributed by atoms with van der Waals surface area (Å²) < 4.78 is 161. The van der Waals surface area contributed by atoms with E-state index in [2.05, 4.69) is 54.8 Å². The SMILES string of the molecule is CC[C@H]1O[C@@H](n2cc(C)c(N)nc2=O)CC1OP([O-])(=S)OC[C@H]1O[C@@H](n2cc(C)c(=O)[nH]c2=O)CC1OP(=O)([S-])OC[C@H]1O[C@@H](n2cc(C)c(=O)[nH]c2=O)CC1OP([O-])(=S)OC[C@H]1O[C@@H](n2cnc3c(N)ncnc32)CC1OP([O-])(=S)OC[C@H]1O[C@@H](n2cc(C)c(N)nc2=O)CC1OP([O-])(=S)OC[C@H]1O[C@@H](n2cc(C)c(N)nc2=O)CC1OP([O-])(=S)OC[C@H]1O[C@@H](n2cnc3c(N)ncnc32)[C@@H](OCCOC)C1OP([O-])(=S)OC. The molecule has 16 rings (SSSR count). The van der Waals surface area contributed by atoms with Gasteiger partial charge in [0.15, 0.2) is 36.0 Å². The Morgan fingerprint density at radius 3 is 1.06 bits per heavy atom. The number of ether oxygens (including phenoxy) is 9. The van der Waals surface area contributed by atoms with Gasteiger partial charge in [-0.25, -0.2) is 53.9 Å². The number of aromatic amines is 2.